The van der Waals surface area contributed by atoms with Crippen LogP contribution in [0, 0.1) is 0 Å². The molecule has 2 aromatic heterocycles. The van der Waals surface area contributed by atoms with E-state index >= 15 is 0 Å². The molecule has 3 rings (SSSR count). The maximum Gasteiger partial charge on any atom is 0.270 e. The molecule has 2 heterocycles. The van der Waals surface area contributed by atoms with Crippen molar-refractivity contribution in [1.82, 2.24) is 25.1 Å². The van der Waals surface area contributed by atoms with Crippen LogP contribution in [0.15, 0.2) is 12.4 Å². The predicted octanol–water partition coefficient (Wildman–Crippen LogP) is 1.90. The van der Waals surface area contributed by atoms with E-state index in [0.29, 0.717) is 18.2 Å². The van der Waals surface area contributed by atoms with Gasteiger partial charge in [0.1, 0.15) is 11.5 Å². The molecule has 1 amide bonds. The molecule has 0 spiro atoms. The van der Waals surface area contributed by atoms with Crippen LogP contribution in [0.5, 0.6) is 0 Å². The maximum atomic E-state index is 12.4. The second-order valence-electron chi connectivity index (χ2n) is 5.59. The topological polar surface area (TPSA) is 75.6 Å². The number of nitrogens with zero attached hydrogens (tertiary/aromatic N) is 3. The van der Waals surface area contributed by atoms with E-state index in [1.807, 2.05) is 19.4 Å². The number of aromatic nitrogens is 4. The molecule has 21 heavy (non-hydrogen) atoms. The molecule has 0 unspecified atom stereocenters. The molecule has 0 saturated heterocycles. The second kappa shape index (κ2) is 5.71. The summed E-state index contributed by atoms with van der Waals surface area (Å²) in [5.74, 6) is 1.20. The van der Waals surface area contributed by atoms with Gasteiger partial charge in [-0.3, -0.25) is 9.48 Å². The number of rotatable bonds is 5. The summed E-state index contributed by atoms with van der Waals surface area (Å²) in [4.78, 5) is 19.9. The van der Waals surface area contributed by atoms with Gasteiger partial charge in [0, 0.05) is 24.5 Å². The lowest BCUT2D eigenvalue weighted by molar-refractivity contribution is 0.0938. The first-order chi connectivity index (χ1) is 10.2. The maximum absolute atomic E-state index is 12.4. The highest BCUT2D eigenvalue weighted by Crippen LogP contribution is 2.37. The molecule has 2 aromatic rings. The van der Waals surface area contributed by atoms with Gasteiger partial charge >= 0.3 is 0 Å². The van der Waals surface area contributed by atoms with Gasteiger partial charge in [0.2, 0.25) is 0 Å². The highest BCUT2D eigenvalue weighted by atomic mass is 16.2. The fraction of sp³-hybridized carbons (Fsp3) is 0.533. The zero-order valence-electron chi connectivity index (χ0n) is 12.5. The van der Waals surface area contributed by atoms with E-state index in [-0.39, 0.29) is 5.91 Å². The lowest BCUT2D eigenvalue weighted by atomic mass is 9.80. The van der Waals surface area contributed by atoms with Crippen molar-refractivity contribution in [2.45, 2.75) is 45.1 Å². The number of carbonyl (C=O) groups excluding carboxylic acids is 1. The first kappa shape index (κ1) is 13.9. The van der Waals surface area contributed by atoms with Crippen molar-refractivity contribution in [3.05, 3.63) is 35.2 Å². The Kier molecular flexibility index (Phi) is 3.77. The normalized spacial score (nSPS) is 15.0. The fourth-order valence-electron chi connectivity index (χ4n) is 2.67. The largest absolute Gasteiger partial charge is 0.344 e. The average molecular weight is 287 g/mol. The molecule has 0 aliphatic heterocycles. The molecule has 2 N–H and O–H groups in total. The number of nitrogens with one attached hydrogen (secondary N) is 2. The Morgan fingerprint density at radius 1 is 1.48 bits per heavy atom. The Labute approximate surface area is 124 Å². The standard InChI is InChI=1S/C15H21N5O/c1-3-11-7-16-13(19-11)9-17-15(21)14-12(8-18-20(14)2)10-5-4-6-10/h7-8,10H,3-6,9H2,1-2H3,(H,16,19)(H,17,21). The minimum absolute atomic E-state index is 0.0775. The van der Waals surface area contributed by atoms with E-state index in [4.69, 9.17) is 0 Å². The van der Waals surface area contributed by atoms with Gasteiger partial charge in [0.15, 0.2) is 0 Å². The van der Waals surface area contributed by atoms with Crippen molar-refractivity contribution in [2.24, 2.45) is 7.05 Å². The minimum Gasteiger partial charge on any atom is -0.344 e. The SMILES string of the molecule is CCc1cnc(CNC(=O)c2c(C3CCC3)cnn2C)[nH]1. The van der Waals surface area contributed by atoms with E-state index < -0.39 is 0 Å². The number of H-pyrrole nitrogens is 1. The molecule has 1 saturated carbocycles. The number of hydrogen-bond donors (Lipinski definition) is 2. The summed E-state index contributed by atoms with van der Waals surface area (Å²) >= 11 is 0. The summed E-state index contributed by atoms with van der Waals surface area (Å²) in [5, 5.41) is 7.17. The van der Waals surface area contributed by atoms with Crippen LogP contribution in [0.1, 0.15) is 59.7 Å². The van der Waals surface area contributed by atoms with Gasteiger partial charge in [-0.15, -0.1) is 0 Å². The minimum atomic E-state index is -0.0775. The molecule has 1 fully saturated rings. The lowest BCUT2D eigenvalue weighted by Gasteiger charge is -2.25. The van der Waals surface area contributed by atoms with Crippen molar-refractivity contribution < 1.29 is 4.79 Å². The van der Waals surface area contributed by atoms with Crippen LogP contribution < -0.4 is 5.32 Å². The zero-order chi connectivity index (χ0) is 14.8. The number of hydrogen-bond acceptors (Lipinski definition) is 3. The van der Waals surface area contributed by atoms with Crippen molar-refractivity contribution in [2.75, 3.05) is 0 Å². The van der Waals surface area contributed by atoms with Crippen molar-refractivity contribution >= 4 is 5.91 Å². The third kappa shape index (κ3) is 2.70. The second-order valence-corrected chi connectivity index (χ2v) is 5.59. The Balaban J connectivity index is 1.69. The Morgan fingerprint density at radius 2 is 2.29 bits per heavy atom. The van der Waals surface area contributed by atoms with Gasteiger partial charge in [0.25, 0.3) is 5.91 Å². The monoisotopic (exact) mass is 287 g/mol. The molecule has 6 heteroatoms. The van der Waals surface area contributed by atoms with Crippen molar-refractivity contribution in [1.29, 1.82) is 0 Å². The molecular weight excluding hydrogens is 266 g/mol. The third-order valence-corrected chi connectivity index (χ3v) is 4.21. The van der Waals surface area contributed by atoms with Crippen molar-refractivity contribution in [3.63, 3.8) is 0 Å². The van der Waals surface area contributed by atoms with Crippen LogP contribution in [-0.2, 0) is 20.0 Å². The molecule has 1 aliphatic rings. The average Bonchev–Trinajstić information content (AvgIpc) is 3.01. The van der Waals surface area contributed by atoms with Crippen molar-refractivity contribution in [3.8, 4) is 0 Å². The van der Waals surface area contributed by atoms with Gasteiger partial charge in [0.05, 0.1) is 12.7 Å². The quantitative estimate of drug-likeness (QED) is 0.882. The first-order valence-corrected chi connectivity index (χ1v) is 7.52. The molecule has 1 aliphatic carbocycles. The van der Waals surface area contributed by atoms with E-state index in [9.17, 15) is 4.79 Å². The van der Waals surface area contributed by atoms with Gasteiger partial charge in [-0.1, -0.05) is 13.3 Å². The third-order valence-electron chi connectivity index (χ3n) is 4.21. The van der Waals surface area contributed by atoms with E-state index in [1.54, 1.807) is 4.68 Å². The lowest BCUT2D eigenvalue weighted by Crippen LogP contribution is -2.27. The van der Waals surface area contributed by atoms with Crippen LogP contribution in [0.3, 0.4) is 0 Å². The fourth-order valence-corrected chi connectivity index (χ4v) is 2.67. The van der Waals surface area contributed by atoms with E-state index in [1.165, 1.54) is 6.42 Å². The first-order valence-electron chi connectivity index (χ1n) is 7.52. The van der Waals surface area contributed by atoms with Crippen LogP contribution in [-0.4, -0.2) is 25.7 Å². The molecule has 0 bridgehead atoms. The predicted molar refractivity (Wildman–Crippen MR) is 78.9 cm³/mol. The van der Waals surface area contributed by atoms with Crippen LogP contribution in [0.4, 0.5) is 0 Å². The Morgan fingerprint density at radius 3 is 2.90 bits per heavy atom. The number of aryl methyl sites for hydroxylation is 2. The summed E-state index contributed by atoms with van der Waals surface area (Å²) in [6.07, 6.45) is 8.11. The van der Waals surface area contributed by atoms with E-state index in [2.05, 4.69) is 27.3 Å². The van der Waals surface area contributed by atoms with Crippen LogP contribution in [0.2, 0.25) is 0 Å². The van der Waals surface area contributed by atoms with Gasteiger partial charge in [-0.25, -0.2) is 4.98 Å². The van der Waals surface area contributed by atoms with E-state index in [0.717, 1.165) is 36.3 Å². The zero-order valence-corrected chi connectivity index (χ0v) is 12.5. The number of aromatic amines is 1. The number of imidazole rings is 1. The molecule has 0 aromatic carbocycles. The summed E-state index contributed by atoms with van der Waals surface area (Å²) in [5.41, 5.74) is 2.84. The van der Waals surface area contributed by atoms with Gasteiger partial charge in [-0.2, -0.15) is 5.10 Å². The Bertz CT molecular complexity index is 638. The summed E-state index contributed by atoms with van der Waals surface area (Å²) < 4.78 is 1.67. The summed E-state index contributed by atoms with van der Waals surface area (Å²) in [6, 6.07) is 0. The smallest absolute Gasteiger partial charge is 0.270 e. The number of amides is 1. The number of carbonyl (C=O) groups is 1. The molecule has 0 atom stereocenters. The summed E-state index contributed by atoms with van der Waals surface area (Å²) in [6.45, 7) is 2.48. The molecule has 6 nitrogen and oxygen atoms in total. The van der Waals surface area contributed by atoms with Crippen LogP contribution >= 0.6 is 0 Å². The van der Waals surface area contributed by atoms with Gasteiger partial charge in [-0.05, 0) is 25.2 Å². The van der Waals surface area contributed by atoms with Gasteiger partial charge < -0.3 is 10.3 Å². The molecule has 0 radical (unpaired) electrons. The molecule has 112 valence electrons. The summed E-state index contributed by atoms with van der Waals surface area (Å²) in [7, 11) is 1.82. The Hall–Kier alpha value is -2.11. The highest BCUT2D eigenvalue weighted by Gasteiger charge is 2.27. The highest BCUT2D eigenvalue weighted by molar-refractivity contribution is 5.94. The van der Waals surface area contributed by atoms with Crippen LogP contribution in [0.25, 0.3) is 0 Å². The molecular formula is C15H21N5O.